The largest absolute Gasteiger partial charge is 0.279 e. The van der Waals surface area contributed by atoms with Crippen LogP contribution in [-0.4, -0.2) is 8.42 Å². The maximum atomic E-state index is 12.5. The summed E-state index contributed by atoms with van der Waals surface area (Å²) in [6.07, 6.45) is 0. The second-order valence-corrected chi connectivity index (χ2v) is 6.01. The van der Waals surface area contributed by atoms with Crippen LogP contribution in [0.2, 0.25) is 0 Å². The Morgan fingerprint density at radius 1 is 0.850 bits per heavy atom. The van der Waals surface area contributed by atoms with Gasteiger partial charge in [-0.05, 0) is 17.5 Å². The van der Waals surface area contributed by atoms with Crippen LogP contribution in [0.15, 0.2) is 71.6 Å². The van der Waals surface area contributed by atoms with Crippen LogP contribution in [0.4, 0.5) is 5.69 Å². The van der Waals surface area contributed by atoms with Crippen molar-refractivity contribution in [3.05, 3.63) is 72.8 Å². The van der Waals surface area contributed by atoms with Gasteiger partial charge in [-0.15, -0.1) is 0 Å². The van der Waals surface area contributed by atoms with E-state index in [-0.39, 0.29) is 4.90 Å². The van der Waals surface area contributed by atoms with Gasteiger partial charge in [-0.2, -0.15) is 0 Å². The molecule has 1 radical (unpaired) electrons. The minimum atomic E-state index is -3.62. The van der Waals surface area contributed by atoms with E-state index in [4.69, 9.17) is 0 Å². The Morgan fingerprint density at radius 2 is 1.60 bits per heavy atom. The molecule has 99 valence electrons. The highest BCUT2D eigenvalue weighted by molar-refractivity contribution is 7.93. The van der Waals surface area contributed by atoms with Gasteiger partial charge in [0.1, 0.15) is 0 Å². The van der Waals surface area contributed by atoms with Crippen molar-refractivity contribution in [2.75, 3.05) is 4.72 Å². The van der Waals surface area contributed by atoms with Gasteiger partial charge in [-0.3, -0.25) is 4.72 Å². The van der Waals surface area contributed by atoms with E-state index in [9.17, 15) is 8.42 Å². The number of benzene rings is 3. The highest BCUT2D eigenvalue weighted by atomic mass is 32.2. The Kier molecular flexibility index (Phi) is 3.16. The maximum absolute atomic E-state index is 12.5. The minimum absolute atomic E-state index is 0.271. The second kappa shape index (κ2) is 4.98. The van der Waals surface area contributed by atoms with Crippen molar-refractivity contribution in [1.82, 2.24) is 0 Å². The fourth-order valence-electron chi connectivity index (χ4n) is 2.09. The first-order valence-corrected chi connectivity index (χ1v) is 7.62. The van der Waals surface area contributed by atoms with Gasteiger partial charge in [-0.25, -0.2) is 8.42 Å². The molecule has 0 fully saturated rings. The summed E-state index contributed by atoms with van der Waals surface area (Å²) >= 11 is 0. The number of hydrogen-bond donors (Lipinski definition) is 1. The van der Waals surface area contributed by atoms with Crippen molar-refractivity contribution in [3.63, 3.8) is 0 Å². The van der Waals surface area contributed by atoms with Crippen molar-refractivity contribution >= 4 is 26.5 Å². The van der Waals surface area contributed by atoms with Crippen molar-refractivity contribution in [1.29, 1.82) is 0 Å². The summed E-state index contributed by atoms with van der Waals surface area (Å²) in [5, 5.41) is 1.60. The van der Waals surface area contributed by atoms with E-state index in [1.165, 1.54) is 0 Å². The number of nitrogens with one attached hydrogen (secondary N) is 1. The Morgan fingerprint density at radius 3 is 2.40 bits per heavy atom. The quantitative estimate of drug-likeness (QED) is 0.800. The van der Waals surface area contributed by atoms with Crippen LogP contribution >= 0.6 is 0 Å². The third-order valence-corrected chi connectivity index (χ3v) is 4.42. The highest BCUT2D eigenvalue weighted by Crippen LogP contribution is 2.24. The van der Waals surface area contributed by atoms with Crippen LogP contribution in [0.1, 0.15) is 0 Å². The van der Waals surface area contributed by atoms with Crippen molar-refractivity contribution in [2.45, 2.75) is 4.90 Å². The molecule has 0 saturated carbocycles. The summed E-state index contributed by atoms with van der Waals surface area (Å²) in [7, 11) is -3.62. The van der Waals surface area contributed by atoms with E-state index >= 15 is 0 Å². The molecule has 3 aromatic rings. The molecule has 0 heterocycles. The summed E-state index contributed by atoms with van der Waals surface area (Å²) in [5.41, 5.74) is 0.431. The molecule has 0 aliphatic carbocycles. The number of rotatable bonds is 3. The Balaban J connectivity index is 2.10. The summed E-state index contributed by atoms with van der Waals surface area (Å²) in [6, 6.07) is 22.4. The van der Waals surface area contributed by atoms with Crippen LogP contribution in [-0.2, 0) is 10.0 Å². The van der Waals surface area contributed by atoms with Gasteiger partial charge in [-0.1, -0.05) is 54.6 Å². The highest BCUT2D eigenvalue weighted by Gasteiger charge is 2.16. The molecule has 0 saturated heterocycles. The van der Waals surface area contributed by atoms with Crippen LogP contribution in [0, 0.1) is 6.07 Å². The molecule has 0 unspecified atom stereocenters. The predicted octanol–water partition coefficient (Wildman–Crippen LogP) is 3.44. The average Bonchev–Trinajstić information content (AvgIpc) is 2.47. The molecule has 0 aromatic heterocycles. The lowest BCUT2D eigenvalue weighted by Crippen LogP contribution is -2.13. The summed E-state index contributed by atoms with van der Waals surface area (Å²) in [5.74, 6) is 0. The topological polar surface area (TPSA) is 46.2 Å². The Hall–Kier alpha value is -2.33. The van der Waals surface area contributed by atoms with Gasteiger partial charge in [0.05, 0.1) is 10.6 Å². The molecule has 0 bridgehead atoms. The molecule has 0 spiro atoms. The third kappa shape index (κ3) is 2.38. The number of anilines is 1. The smallest absolute Gasteiger partial charge is 0.262 e. The number of sulfonamides is 1. The lowest BCUT2D eigenvalue weighted by Gasteiger charge is -2.10. The van der Waals surface area contributed by atoms with E-state index < -0.39 is 10.0 Å². The first-order chi connectivity index (χ1) is 9.67. The molecule has 0 amide bonds. The standard InChI is InChI=1S/C16H12NO2S/c18-20(19,17-14-9-2-1-3-10-14)16-12-6-8-13-7-4-5-11-15(13)16/h1-9,11-12,17H. The number of fused-ring (bicyclic) bond motifs is 1. The number of para-hydroxylation sites is 1. The predicted molar refractivity (Wildman–Crippen MR) is 80.0 cm³/mol. The maximum Gasteiger partial charge on any atom is 0.262 e. The molecule has 20 heavy (non-hydrogen) atoms. The number of hydrogen-bond acceptors (Lipinski definition) is 2. The van der Waals surface area contributed by atoms with Gasteiger partial charge < -0.3 is 0 Å². The van der Waals surface area contributed by atoms with Gasteiger partial charge in [0.25, 0.3) is 10.0 Å². The molecule has 0 atom stereocenters. The molecular weight excluding hydrogens is 270 g/mol. The van der Waals surface area contributed by atoms with E-state index in [1.54, 1.807) is 42.5 Å². The van der Waals surface area contributed by atoms with Crippen LogP contribution in [0.5, 0.6) is 0 Å². The summed E-state index contributed by atoms with van der Waals surface area (Å²) in [4.78, 5) is 0.271. The molecule has 1 N–H and O–H groups in total. The van der Waals surface area contributed by atoms with Gasteiger partial charge in [0.15, 0.2) is 0 Å². The minimum Gasteiger partial charge on any atom is -0.279 e. The summed E-state index contributed by atoms with van der Waals surface area (Å²) < 4.78 is 27.5. The molecule has 4 heteroatoms. The zero-order valence-electron chi connectivity index (χ0n) is 10.6. The first-order valence-electron chi connectivity index (χ1n) is 6.14. The molecule has 0 aliphatic heterocycles. The molecule has 0 aliphatic rings. The van der Waals surface area contributed by atoms with E-state index in [0.717, 1.165) is 5.39 Å². The van der Waals surface area contributed by atoms with Gasteiger partial charge >= 0.3 is 0 Å². The van der Waals surface area contributed by atoms with Crippen LogP contribution in [0.3, 0.4) is 0 Å². The molecule has 3 rings (SSSR count). The average molecular weight is 282 g/mol. The third-order valence-electron chi connectivity index (χ3n) is 2.99. The fraction of sp³-hybridized carbons (Fsp3) is 0. The van der Waals surface area contributed by atoms with Crippen molar-refractivity contribution < 1.29 is 8.42 Å². The zero-order valence-corrected chi connectivity index (χ0v) is 11.4. The van der Waals surface area contributed by atoms with E-state index in [2.05, 4.69) is 10.8 Å². The zero-order chi connectivity index (χ0) is 14.0. The fourth-order valence-corrected chi connectivity index (χ4v) is 3.35. The van der Waals surface area contributed by atoms with Crippen LogP contribution in [0.25, 0.3) is 10.8 Å². The van der Waals surface area contributed by atoms with Gasteiger partial charge in [0, 0.05) is 11.5 Å². The normalized spacial score (nSPS) is 11.4. The lowest BCUT2D eigenvalue weighted by molar-refractivity contribution is 0.602. The van der Waals surface area contributed by atoms with Crippen LogP contribution < -0.4 is 4.72 Å². The van der Waals surface area contributed by atoms with Gasteiger partial charge in [0.2, 0.25) is 0 Å². The molecular formula is C16H12NO2S. The second-order valence-electron chi connectivity index (χ2n) is 4.36. The SMILES string of the molecule is O=S(=O)(Nc1[c]cccc1)c1cccc2ccccc12. The van der Waals surface area contributed by atoms with E-state index in [0.29, 0.717) is 11.1 Å². The molecule has 3 aromatic carbocycles. The van der Waals surface area contributed by atoms with E-state index in [1.807, 2.05) is 24.3 Å². The molecule has 3 nitrogen and oxygen atoms in total. The Labute approximate surface area is 117 Å². The first kappa shape index (κ1) is 12.7. The summed E-state index contributed by atoms with van der Waals surface area (Å²) in [6.45, 7) is 0. The van der Waals surface area contributed by atoms with Crippen molar-refractivity contribution in [2.24, 2.45) is 0 Å². The monoisotopic (exact) mass is 282 g/mol. The Bertz CT molecular complexity index is 837. The van der Waals surface area contributed by atoms with Crippen molar-refractivity contribution in [3.8, 4) is 0 Å². The lowest BCUT2D eigenvalue weighted by atomic mass is 10.1.